The standard InChI is InChI=1S/C9H8N2.ClH/c1-2-11-7-8-5-3-4-6-9(8)10-11;/h2-7H,1H2;1H. The molecule has 3 heteroatoms. The molecule has 1 heterocycles. The van der Waals surface area contributed by atoms with Crippen LogP contribution < -0.4 is 0 Å². The molecule has 1 aromatic carbocycles. The van der Waals surface area contributed by atoms with Crippen molar-refractivity contribution in [2.75, 3.05) is 0 Å². The molecule has 0 unspecified atom stereocenters. The lowest BCUT2D eigenvalue weighted by Gasteiger charge is -1.82. The Balaban J connectivity index is 0.000000720. The Labute approximate surface area is 76.9 Å². The second-order valence-electron chi connectivity index (χ2n) is 2.35. The summed E-state index contributed by atoms with van der Waals surface area (Å²) >= 11 is 0. The molecule has 0 amide bonds. The van der Waals surface area contributed by atoms with Gasteiger partial charge in [-0.3, -0.25) is 0 Å². The van der Waals surface area contributed by atoms with E-state index >= 15 is 0 Å². The number of halogens is 1. The maximum absolute atomic E-state index is 4.23. The number of aromatic nitrogens is 2. The minimum Gasteiger partial charge on any atom is -0.248 e. The van der Waals surface area contributed by atoms with E-state index in [0.717, 1.165) is 10.9 Å². The van der Waals surface area contributed by atoms with E-state index in [0.29, 0.717) is 0 Å². The van der Waals surface area contributed by atoms with Crippen molar-refractivity contribution in [3.8, 4) is 0 Å². The molecule has 0 aliphatic heterocycles. The van der Waals surface area contributed by atoms with E-state index < -0.39 is 0 Å². The van der Waals surface area contributed by atoms with Crippen molar-refractivity contribution in [2.24, 2.45) is 0 Å². The van der Waals surface area contributed by atoms with Crippen molar-refractivity contribution in [1.29, 1.82) is 0 Å². The first-order valence-electron chi connectivity index (χ1n) is 3.46. The van der Waals surface area contributed by atoms with E-state index in [1.165, 1.54) is 0 Å². The van der Waals surface area contributed by atoms with E-state index in [1.807, 2.05) is 30.5 Å². The Morgan fingerprint density at radius 1 is 1.33 bits per heavy atom. The number of hydrogen-bond acceptors (Lipinski definition) is 1. The van der Waals surface area contributed by atoms with Gasteiger partial charge in [0.05, 0.1) is 5.52 Å². The van der Waals surface area contributed by atoms with Crippen LogP contribution in [0.3, 0.4) is 0 Å². The normalized spacial score (nSPS) is 9.33. The van der Waals surface area contributed by atoms with Gasteiger partial charge in [0.15, 0.2) is 0 Å². The Kier molecular flexibility index (Phi) is 2.51. The SMILES string of the molecule is C=Cn1cc2ccccc2n1.Cl. The molecule has 0 atom stereocenters. The molecule has 0 saturated heterocycles. The molecule has 1 aromatic heterocycles. The second-order valence-corrected chi connectivity index (χ2v) is 2.35. The molecule has 12 heavy (non-hydrogen) atoms. The van der Waals surface area contributed by atoms with E-state index in [2.05, 4.69) is 11.7 Å². The summed E-state index contributed by atoms with van der Waals surface area (Å²) in [6.45, 7) is 3.63. The molecule has 0 saturated carbocycles. The van der Waals surface area contributed by atoms with Crippen LogP contribution in [0.25, 0.3) is 17.1 Å². The third-order valence-electron chi connectivity index (χ3n) is 1.62. The van der Waals surface area contributed by atoms with Crippen LogP contribution in [-0.4, -0.2) is 9.78 Å². The van der Waals surface area contributed by atoms with Crippen molar-refractivity contribution >= 4 is 29.5 Å². The summed E-state index contributed by atoms with van der Waals surface area (Å²) in [6, 6.07) is 7.98. The number of rotatable bonds is 1. The van der Waals surface area contributed by atoms with Crippen LogP contribution in [0, 0.1) is 0 Å². The number of hydrogen-bond donors (Lipinski definition) is 0. The van der Waals surface area contributed by atoms with Gasteiger partial charge in [-0.05, 0) is 6.07 Å². The quantitative estimate of drug-likeness (QED) is 0.660. The first-order valence-corrected chi connectivity index (χ1v) is 3.46. The maximum Gasteiger partial charge on any atom is 0.0927 e. The minimum absolute atomic E-state index is 0. The van der Waals surface area contributed by atoms with Gasteiger partial charge >= 0.3 is 0 Å². The highest BCUT2D eigenvalue weighted by Crippen LogP contribution is 2.10. The Bertz CT molecular complexity index is 359. The summed E-state index contributed by atoms with van der Waals surface area (Å²) in [5, 5.41) is 5.38. The van der Waals surface area contributed by atoms with Crippen molar-refractivity contribution in [3.05, 3.63) is 37.0 Å². The lowest BCUT2D eigenvalue weighted by atomic mass is 10.3. The van der Waals surface area contributed by atoms with Crippen LogP contribution in [0.15, 0.2) is 37.0 Å². The average Bonchev–Trinajstić information content (AvgIpc) is 2.46. The van der Waals surface area contributed by atoms with E-state index in [-0.39, 0.29) is 12.4 Å². The molecule has 0 aliphatic rings. The van der Waals surface area contributed by atoms with Crippen LogP contribution >= 0.6 is 12.4 Å². The van der Waals surface area contributed by atoms with Gasteiger partial charge in [-0.15, -0.1) is 12.4 Å². The molecule has 2 nitrogen and oxygen atoms in total. The highest BCUT2D eigenvalue weighted by Gasteiger charge is 1.94. The van der Waals surface area contributed by atoms with Gasteiger partial charge in [-0.25, -0.2) is 4.68 Å². The Morgan fingerprint density at radius 3 is 2.75 bits per heavy atom. The van der Waals surface area contributed by atoms with Gasteiger partial charge in [-0.2, -0.15) is 5.10 Å². The fourth-order valence-corrected chi connectivity index (χ4v) is 1.08. The molecule has 0 radical (unpaired) electrons. The van der Waals surface area contributed by atoms with Gasteiger partial charge in [0.1, 0.15) is 0 Å². The number of fused-ring (bicyclic) bond motifs is 1. The van der Waals surface area contributed by atoms with Gasteiger partial charge in [-0.1, -0.05) is 24.8 Å². The molecule has 2 aromatic rings. The van der Waals surface area contributed by atoms with Gasteiger partial charge in [0.2, 0.25) is 0 Å². The third-order valence-corrected chi connectivity index (χ3v) is 1.62. The van der Waals surface area contributed by atoms with Crippen molar-refractivity contribution in [2.45, 2.75) is 0 Å². The summed E-state index contributed by atoms with van der Waals surface area (Å²) in [7, 11) is 0. The highest BCUT2D eigenvalue weighted by molar-refractivity contribution is 5.85. The second kappa shape index (κ2) is 3.41. The van der Waals surface area contributed by atoms with Crippen LogP contribution in [0.2, 0.25) is 0 Å². The van der Waals surface area contributed by atoms with Crippen LogP contribution in [0.4, 0.5) is 0 Å². The summed E-state index contributed by atoms with van der Waals surface area (Å²) in [4.78, 5) is 0. The molecule has 2 rings (SSSR count). The summed E-state index contributed by atoms with van der Waals surface area (Å²) in [6.07, 6.45) is 3.63. The molecule has 62 valence electrons. The first-order chi connectivity index (χ1) is 5.40. The van der Waals surface area contributed by atoms with Crippen LogP contribution in [0.1, 0.15) is 0 Å². The smallest absolute Gasteiger partial charge is 0.0927 e. The zero-order valence-corrected chi connectivity index (χ0v) is 7.29. The molecular formula is C9H9ClN2. The molecular weight excluding hydrogens is 172 g/mol. The summed E-state index contributed by atoms with van der Waals surface area (Å²) < 4.78 is 1.71. The largest absolute Gasteiger partial charge is 0.248 e. The Hall–Kier alpha value is -1.28. The van der Waals surface area contributed by atoms with E-state index in [9.17, 15) is 0 Å². The summed E-state index contributed by atoms with van der Waals surface area (Å²) in [5.74, 6) is 0. The molecule has 0 N–H and O–H groups in total. The molecule has 0 spiro atoms. The van der Waals surface area contributed by atoms with E-state index in [1.54, 1.807) is 10.9 Å². The monoisotopic (exact) mass is 180 g/mol. The predicted molar refractivity (Wildman–Crippen MR) is 53.4 cm³/mol. The molecule has 0 fully saturated rings. The maximum atomic E-state index is 4.23. The average molecular weight is 181 g/mol. The number of nitrogens with zero attached hydrogens (tertiary/aromatic N) is 2. The van der Waals surface area contributed by atoms with E-state index in [4.69, 9.17) is 0 Å². The van der Waals surface area contributed by atoms with Gasteiger partial charge < -0.3 is 0 Å². The first kappa shape index (κ1) is 8.81. The zero-order valence-electron chi connectivity index (χ0n) is 6.47. The third kappa shape index (κ3) is 1.34. The van der Waals surface area contributed by atoms with Gasteiger partial charge in [0, 0.05) is 17.8 Å². The lowest BCUT2D eigenvalue weighted by molar-refractivity contribution is 0.956. The predicted octanol–water partition coefficient (Wildman–Crippen LogP) is 2.56. The lowest BCUT2D eigenvalue weighted by Crippen LogP contribution is -1.82. The number of benzene rings is 1. The Morgan fingerprint density at radius 2 is 2.08 bits per heavy atom. The van der Waals surface area contributed by atoms with Crippen molar-refractivity contribution in [1.82, 2.24) is 9.78 Å². The van der Waals surface area contributed by atoms with Crippen molar-refractivity contribution in [3.63, 3.8) is 0 Å². The van der Waals surface area contributed by atoms with Crippen LogP contribution in [-0.2, 0) is 0 Å². The van der Waals surface area contributed by atoms with Crippen LogP contribution in [0.5, 0.6) is 0 Å². The molecule has 0 aliphatic carbocycles. The fourth-order valence-electron chi connectivity index (χ4n) is 1.08. The van der Waals surface area contributed by atoms with Crippen molar-refractivity contribution < 1.29 is 0 Å². The minimum atomic E-state index is 0. The zero-order chi connectivity index (χ0) is 7.68. The fraction of sp³-hybridized carbons (Fsp3) is 0. The van der Waals surface area contributed by atoms with Gasteiger partial charge in [0.25, 0.3) is 0 Å². The molecule has 0 bridgehead atoms. The highest BCUT2D eigenvalue weighted by atomic mass is 35.5. The summed E-state index contributed by atoms with van der Waals surface area (Å²) in [5.41, 5.74) is 1.01. The topological polar surface area (TPSA) is 17.8 Å².